The normalized spacial score (nSPS) is 14.7. The Kier molecular flexibility index (Phi) is 3.49. The van der Waals surface area contributed by atoms with Crippen LogP contribution < -0.4 is 5.43 Å². The number of nitrogens with one attached hydrogen (secondary N) is 1. The van der Waals surface area contributed by atoms with Crippen molar-refractivity contribution in [1.82, 2.24) is 0 Å². The van der Waals surface area contributed by atoms with Crippen molar-refractivity contribution in [2.75, 3.05) is 5.43 Å². The van der Waals surface area contributed by atoms with Crippen molar-refractivity contribution in [2.45, 2.75) is 0 Å². The number of allylic oxidation sites excluding steroid dienone is 1. The Labute approximate surface area is 125 Å². The molecule has 1 N–H and O–H groups in total. The van der Waals surface area contributed by atoms with Gasteiger partial charge in [0.1, 0.15) is 5.71 Å². The van der Waals surface area contributed by atoms with E-state index in [2.05, 4.69) is 10.5 Å². The first-order chi connectivity index (χ1) is 10.6. The lowest BCUT2D eigenvalue weighted by molar-refractivity contribution is -0.384. The maximum absolute atomic E-state index is 12.0. The van der Waals surface area contributed by atoms with Crippen LogP contribution in [0.15, 0.2) is 59.7 Å². The number of hydrogen-bond donors (Lipinski definition) is 1. The SMILES string of the molecule is O=C1C=Cc2ccccc2/C1=N/Nc1ccc([N+](=O)[O-])cc1. The molecule has 0 aliphatic heterocycles. The number of rotatable bonds is 3. The maximum Gasteiger partial charge on any atom is 0.269 e. The molecule has 0 radical (unpaired) electrons. The van der Waals surface area contributed by atoms with Crippen LogP contribution in [0.4, 0.5) is 11.4 Å². The van der Waals surface area contributed by atoms with Gasteiger partial charge in [-0.3, -0.25) is 20.3 Å². The third kappa shape index (κ3) is 2.62. The summed E-state index contributed by atoms with van der Waals surface area (Å²) in [4.78, 5) is 22.1. The van der Waals surface area contributed by atoms with E-state index in [0.29, 0.717) is 11.4 Å². The Bertz CT molecular complexity index is 808. The molecule has 0 fully saturated rings. The summed E-state index contributed by atoms with van der Waals surface area (Å²) in [5.41, 5.74) is 5.32. The van der Waals surface area contributed by atoms with Crippen LogP contribution in [-0.2, 0) is 4.79 Å². The Morgan fingerprint density at radius 3 is 2.45 bits per heavy atom. The number of carbonyl (C=O) groups excluding carboxylic acids is 1. The zero-order chi connectivity index (χ0) is 15.5. The fourth-order valence-electron chi connectivity index (χ4n) is 2.13. The van der Waals surface area contributed by atoms with Crippen molar-refractivity contribution in [1.29, 1.82) is 0 Å². The molecule has 0 atom stereocenters. The third-order valence-corrected chi connectivity index (χ3v) is 3.24. The quantitative estimate of drug-likeness (QED) is 0.696. The molecule has 0 amide bonds. The summed E-state index contributed by atoms with van der Waals surface area (Å²) < 4.78 is 0. The summed E-state index contributed by atoms with van der Waals surface area (Å²) in [6.45, 7) is 0. The van der Waals surface area contributed by atoms with Crippen LogP contribution >= 0.6 is 0 Å². The van der Waals surface area contributed by atoms with E-state index in [9.17, 15) is 14.9 Å². The highest BCUT2D eigenvalue weighted by atomic mass is 16.6. The monoisotopic (exact) mass is 293 g/mol. The zero-order valence-electron chi connectivity index (χ0n) is 11.4. The largest absolute Gasteiger partial charge is 0.287 e. The molecule has 3 rings (SSSR count). The molecule has 0 saturated carbocycles. The number of hydrazone groups is 1. The average Bonchev–Trinajstić information content (AvgIpc) is 2.54. The molecule has 1 aliphatic carbocycles. The highest BCUT2D eigenvalue weighted by Crippen LogP contribution is 2.19. The second kappa shape index (κ2) is 5.61. The first-order valence-corrected chi connectivity index (χ1v) is 6.55. The van der Waals surface area contributed by atoms with Crippen molar-refractivity contribution in [2.24, 2.45) is 5.10 Å². The molecular formula is C16H11N3O3. The molecule has 1 aliphatic rings. The van der Waals surface area contributed by atoms with E-state index in [1.807, 2.05) is 24.3 Å². The summed E-state index contributed by atoms with van der Waals surface area (Å²) in [5, 5.41) is 14.7. The number of non-ortho nitro benzene ring substituents is 1. The minimum atomic E-state index is -0.471. The number of anilines is 1. The summed E-state index contributed by atoms with van der Waals surface area (Å²) in [6, 6.07) is 13.3. The van der Waals surface area contributed by atoms with Gasteiger partial charge in [0.25, 0.3) is 5.69 Å². The molecule has 6 nitrogen and oxygen atoms in total. The molecule has 22 heavy (non-hydrogen) atoms. The number of nitro groups is 1. The number of ketones is 1. The van der Waals surface area contributed by atoms with Gasteiger partial charge in [0, 0.05) is 17.7 Å². The smallest absolute Gasteiger partial charge is 0.269 e. The van der Waals surface area contributed by atoms with Gasteiger partial charge in [-0.15, -0.1) is 0 Å². The lowest BCUT2D eigenvalue weighted by atomic mass is 9.95. The lowest BCUT2D eigenvalue weighted by Gasteiger charge is -2.12. The molecule has 6 heteroatoms. The number of hydrogen-bond acceptors (Lipinski definition) is 5. The van der Waals surface area contributed by atoms with Gasteiger partial charge in [-0.25, -0.2) is 0 Å². The highest BCUT2D eigenvalue weighted by molar-refractivity contribution is 6.52. The molecule has 0 heterocycles. The topological polar surface area (TPSA) is 84.6 Å². The Hall–Kier alpha value is -3.28. The van der Waals surface area contributed by atoms with Gasteiger partial charge < -0.3 is 0 Å². The molecule has 0 aromatic heterocycles. The standard InChI is InChI=1S/C16H11N3O3/c20-15-10-5-11-3-1-2-4-14(11)16(15)18-17-12-6-8-13(9-7-12)19(21)22/h1-10,17H/b18-16-. The molecule has 0 unspecified atom stereocenters. The maximum atomic E-state index is 12.0. The van der Waals surface area contributed by atoms with E-state index in [1.54, 1.807) is 6.08 Å². The summed E-state index contributed by atoms with van der Waals surface area (Å²) in [7, 11) is 0. The third-order valence-electron chi connectivity index (χ3n) is 3.24. The van der Waals surface area contributed by atoms with Gasteiger partial charge in [0.05, 0.1) is 10.6 Å². The molecular weight excluding hydrogens is 282 g/mol. The molecule has 0 bridgehead atoms. The van der Waals surface area contributed by atoms with E-state index >= 15 is 0 Å². The van der Waals surface area contributed by atoms with Gasteiger partial charge in [-0.1, -0.05) is 30.3 Å². The molecule has 2 aromatic rings. The van der Waals surface area contributed by atoms with E-state index in [-0.39, 0.29) is 11.5 Å². The van der Waals surface area contributed by atoms with Gasteiger partial charge >= 0.3 is 0 Å². The van der Waals surface area contributed by atoms with Crippen molar-refractivity contribution in [3.8, 4) is 0 Å². The molecule has 0 saturated heterocycles. The van der Waals surface area contributed by atoms with Gasteiger partial charge in [-0.05, 0) is 23.8 Å². The minimum Gasteiger partial charge on any atom is -0.287 e. The van der Waals surface area contributed by atoms with Crippen molar-refractivity contribution in [3.63, 3.8) is 0 Å². The number of carbonyl (C=O) groups is 1. The predicted molar refractivity (Wildman–Crippen MR) is 83.7 cm³/mol. The summed E-state index contributed by atoms with van der Waals surface area (Å²) in [5.74, 6) is -0.187. The second-order valence-electron chi connectivity index (χ2n) is 4.66. The Morgan fingerprint density at radius 2 is 1.73 bits per heavy atom. The van der Waals surface area contributed by atoms with Gasteiger partial charge in [-0.2, -0.15) is 5.10 Å². The predicted octanol–water partition coefficient (Wildman–Crippen LogP) is 3.01. The lowest BCUT2D eigenvalue weighted by Crippen LogP contribution is -2.19. The van der Waals surface area contributed by atoms with Crippen LogP contribution in [0.25, 0.3) is 6.08 Å². The Balaban J connectivity index is 1.87. The van der Waals surface area contributed by atoms with Gasteiger partial charge in [0.2, 0.25) is 5.78 Å². The zero-order valence-corrected chi connectivity index (χ0v) is 11.4. The minimum absolute atomic E-state index is 0.000208. The first kappa shape index (κ1) is 13.7. The van der Waals surface area contributed by atoms with Crippen LogP contribution in [-0.4, -0.2) is 16.4 Å². The summed E-state index contributed by atoms with van der Waals surface area (Å²) in [6.07, 6.45) is 3.22. The molecule has 108 valence electrons. The number of nitrogens with zero attached hydrogens (tertiary/aromatic N) is 2. The number of nitro benzene ring substituents is 1. The van der Waals surface area contributed by atoms with Crippen LogP contribution in [0.3, 0.4) is 0 Å². The highest BCUT2D eigenvalue weighted by Gasteiger charge is 2.18. The van der Waals surface area contributed by atoms with E-state index in [1.165, 1.54) is 30.3 Å². The number of fused-ring (bicyclic) bond motifs is 1. The van der Waals surface area contributed by atoms with Crippen LogP contribution in [0.5, 0.6) is 0 Å². The van der Waals surface area contributed by atoms with Crippen LogP contribution in [0.1, 0.15) is 11.1 Å². The molecule has 2 aromatic carbocycles. The van der Waals surface area contributed by atoms with E-state index in [4.69, 9.17) is 0 Å². The van der Waals surface area contributed by atoms with E-state index < -0.39 is 4.92 Å². The first-order valence-electron chi connectivity index (χ1n) is 6.55. The van der Waals surface area contributed by atoms with Crippen molar-refractivity contribution in [3.05, 3.63) is 75.8 Å². The van der Waals surface area contributed by atoms with Crippen molar-refractivity contribution >= 4 is 28.9 Å². The van der Waals surface area contributed by atoms with Gasteiger partial charge in [0.15, 0.2) is 0 Å². The van der Waals surface area contributed by atoms with E-state index in [0.717, 1.165) is 11.1 Å². The fraction of sp³-hybridized carbons (Fsp3) is 0. The number of benzene rings is 2. The van der Waals surface area contributed by atoms with Crippen LogP contribution in [0, 0.1) is 10.1 Å². The fourth-order valence-corrected chi connectivity index (χ4v) is 2.13. The van der Waals surface area contributed by atoms with Crippen LogP contribution in [0.2, 0.25) is 0 Å². The van der Waals surface area contributed by atoms with Crippen molar-refractivity contribution < 1.29 is 9.72 Å². The average molecular weight is 293 g/mol. The second-order valence-corrected chi connectivity index (χ2v) is 4.66. The summed E-state index contributed by atoms with van der Waals surface area (Å²) >= 11 is 0. The molecule has 0 spiro atoms. The Morgan fingerprint density at radius 1 is 1.00 bits per heavy atom.